The maximum Gasteiger partial charge on any atom is 0.246 e. The molecule has 19 heavy (non-hydrogen) atoms. The molecular weight excluding hydrogens is 264 g/mol. The first-order valence-corrected chi connectivity index (χ1v) is 8.05. The number of aryl methyl sites for hydroxylation is 2. The van der Waals surface area contributed by atoms with Crippen LogP contribution in [0.25, 0.3) is 0 Å². The molecule has 2 rings (SSSR count). The molecule has 1 aliphatic heterocycles. The van der Waals surface area contributed by atoms with Crippen molar-refractivity contribution < 1.29 is 12.8 Å². The quantitative estimate of drug-likeness (QED) is 0.914. The van der Waals surface area contributed by atoms with Gasteiger partial charge in [-0.2, -0.15) is 4.31 Å². The zero-order chi connectivity index (χ0) is 14.2. The van der Waals surface area contributed by atoms with Crippen molar-refractivity contribution in [1.82, 2.24) is 9.62 Å². The van der Waals surface area contributed by atoms with E-state index in [0.29, 0.717) is 42.0 Å². The predicted molar refractivity (Wildman–Crippen MR) is 73.5 cm³/mol. The first kappa shape index (κ1) is 14.6. The highest BCUT2D eigenvalue weighted by Crippen LogP contribution is 2.31. The summed E-state index contributed by atoms with van der Waals surface area (Å²) in [4.78, 5) is 0.355. The third kappa shape index (κ3) is 2.57. The molecule has 1 N–H and O–H groups in total. The molecule has 0 saturated carbocycles. The van der Waals surface area contributed by atoms with Gasteiger partial charge in [0.1, 0.15) is 16.4 Å². The highest BCUT2D eigenvalue weighted by Gasteiger charge is 2.35. The molecule has 0 aromatic carbocycles. The van der Waals surface area contributed by atoms with E-state index in [1.165, 1.54) is 0 Å². The Morgan fingerprint density at radius 2 is 2.05 bits per heavy atom. The molecule has 108 valence electrons. The van der Waals surface area contributed by atoms with E-state index in [1.54, 1.807) is 18.3 Å². The van der Waals surface area contributed by atoms with Crippen LogP contribution in [0.2, 0.25) is 0 Å². The molecule has 1 atom stereocenters. The van der Waals surface area contributed by atoms with Gasteiger partial charge in [0.25, 0.3) is 0 Å². The number of hydrogen-bond acceptors (Lipinski definition) is 4. The monoisotopic (exact) mass is 286 g/mol. The Hall–Kier alpha value is -0.850. The fourth-order valence-electron chi connectivity index (χ4n) is 2.67. The van der Waals surface area contributed by atoms with Crippen LogP contribution in [-0.4, -0.2) is 32.9 Å². The molecule has 0 amide bonds. The van der Waals surface area contributed by atoms with Gasteiger partial charge in [0.15, 0.2) is 0 Å². The van der Waals surface area contributed by atoms with Crippen molar-refractivity contribution in [1.29, 1.82) is 0 Å². The molecule has 1 aliphatic rings. The normalized spacial score (nSPS) is 21.2. The van der Waals surface area contributed by atoms with Crippen molar-refractivity contribution in [2.24, 2.45) is 5.92 Å². The number of hydrogen-bond donors (Lipinski definition) is 1. The number of nitrogens with one attached hydrogen (secondary N) is 1. The molecule has 0 radical (unpaired) electrons. The SMILES string of the molecule is CNCc1c(C)oc(C)c1S(=O)(=O)N1CCC(C)C1. The summed E-state index contributed by atoms with van der Waals surface area (Å²) in [5, 5.41) is 3.01. The van der Waals surface area contributed by atoms with Gasteiger partial charge < -0.3 is 9.73 Å². The number of furan rings is 1. The van der Waals surface area contributed by atoms with E-state index in [1.807, 2.05) is 6.92 Å². The molecule has 1 saturated heterocycles. The van der Waals surface area contributed by atoms with Crippen molar-refractivity contribution in [3.05, 3.63) is 17.1 Å². The molecule has 5 nitrogen and oxygen atoms in total. The van der Waals surface area contributed by atoms with Crippen LogP contribution in [0, 0.1) is 19.8 Å². The Balaban J connectivity index is 2.45. The summed E-state index contributed by atoms with van der Waals surface area (Å²) in [5.74, 6) is 1.59. The zero-order valence-corrected chi connectivity index (χ0v) is 12.8. The Bertz CT molecular complexity index is 563. The highest BCUT2D eigenvalue weighted by atomic mass is 32.2. The van der Waals surface area contributed by atoms with Gasteiger partial charge in [-0.3, -0.25) is 0 Å². The minimum atomic E-state index is -3.43. The maximum atomic E-state index is 12.7. The standard InChI is InChI=1S/C13H22N2O3S/c1-9-5-6-15(8-9)19(16,17)13-11(3)18-10(2)12(13)7-14-4/h9,14H,5-8H2,1-4H3. The molecule has 1 aromatic rings. The van der Waals surface area contributed by atoms with E-state index in [0.717, 1.165) is 12.0 Å². The van der Waals surface area contributed by atoms with E-state index >= 15 is 0 Å². The van der Waals surface area contributed by atoms with Crippen LogP contribution < -0.4 is 5.32 Å². The summed E-state index contributed by atoms with van der Waals surface area (Å²) in [6.45, 7) is 7.32. The summed E-state index contributed by atoms with van der Waals surface area (Å²) in [6, 6.07) is 0. The molecule has 1 fully saturated rings. The lowest BCUT2D eigenvalue weighted by Crippen LogP contribution is -2.30. The van der Waals surface area contributed by atoms with Crippen molar-refractivity contribution in [2.45, 2.75) is 38.6 Å². The van der Waals surface area contributed by atoms with Gasteiger partial charge in [-0.1, -0.05) is 6.92 Å². The van der Waals surface area contributed by atoms with E-state index in [-0.39, 0.29) is 0 Å². The van der Waals surface area contributed by atoms with Crippen LogP contribution in [0.3, 0.4) is 0 Å². The fourth-order valence-corrected chi connectivity index (χ4v) is 4.66. The summed E-state index contributed by atoms with van der Waals surface area (Å²) in [5.41, 5.74) is 0.750. The fraction of sp³-hybridized carbons (Fsp3) is 0.692. The van der Waals surface area contributed by atoms with Gasteiger partial charge in [-0.25, -0.2) is 8.42 Å². The highest BCUT2D eigenvalue weighted by molar-refractivity contribution is 7.89. The van der Waals surface area contributed by atoms with Crippen LogP contribution >= 0.6 is 0 Å². The van der Waals surface area contributed by atoms with Crippen LogP contribution in [0.1, 0.15) is 30.4 Å². The molecule has 1 aromatic heterocycles. The number of sulfonamides is 1. The summed E-state index contributed by atoms with van der Waals surface area (Å²) in [6.07, 6.45) is 0.927. The van der Waals surface area contributed by atoms with Crippen LogP contribution in [0.4, 0.5) is 0 Å². The Morgan fingerprint density at radius 3 is 2.58 bits per heavy atom. The molecule has 2 heterocycles. The lowest BCUT2D eigenvalue weighted by atomic mass is 10.2. The second-order valence-corrected chi connectivity index (χ2v) is 7.18. The van der Waals surface area contributed by atoms with E-state index in [2.05, 4.69) is 12.2 Å². The average molecular weight is 286 g/mol. The molecular formula is C13H22N2O3S. The second kappa shape index (κ2) is 5.26. The minimum absolute atomic E-state index is 0.355. The first-order valence-electron chi connectivity index (χ1n) is 6.61. The second-order valence-electron chi connectivity index (χ2n) is 5.31. The molecule has 0 bridgehead atoms. The minimum Gasteiger partial charge on any atom is -0.465 e. The van der Waals surface area contributed by atoms with E-state index in [4.69, 9.17) is 4.42 Å². The predicted octanol–water partition coefficient (Wildman–Crippen LogP) is 1.65. The topological polar surface area (TPSA) is 62.6 Å². The van der Waals surface area contributed by atoms with Gasteiger partial charge in [0, 0.05) is 25.2 Å². The van der Waals surface area contributed by atoms with Gasteiger partial charge in [-0.15, -0.1) is 0 Å². The van der Waals surface area contributed by atoms with Crippen molar-refractivity contribution in [2.75, 3.05) is 20.1 Å². The number of rotatable bonds is 4. The van der Waals surface area contributed by atoms with Gasteiger partial charge >= 0.3 is 0 Å². The lowest BCUT2D eigenvalue weighted by molar-refractivity contribution is 0.457. The van der Waals surface area contributed by atoms with E-state index < -0.39 is 10.0 Å². The third-order valence-electron chi connectivity index (χ3n) is 3.66. The lowest BCUT2D eigenvalue weighted by Gasteiger charge is -2.16. The van der Waals surface area contributed by atoms with Crippen molar-refractivity contribution >= 4 is 10.0 Å². The van der Waals surface area contributed by atoms with Gasteiger partial charge in [0.05, 0.1) is 0 Å². The Kier molecular flexibility index (Phi) is 4.03. The van der Waals surface area contributed by atoms with Crippen LogP contribution in [0.15, 0.2) is 9.31 Å². The van der Waals surface area contributed by atoms with Crippen molar-refractivity contribution in [3.63, 3.8) is 0 Å². The Morgan fingerprint density at radius 1 is 1.37 bits per heavy atom. The van der Waals surface area contributed by atoms with Crippen LogP contribution in [-0.2, 0) is 16.6 Å². The summed E-state index contributed by atoms with van der Waals surface area (Å²) < 4.78 is 32.6. The largest absolute Gasteiger partial charge is 0.465 e. The average Bonchev–Trinajstić information content (AvgIpc) is 2.85. The Labute approximate surface area is 115 Å². The molecule has 6 heteroatoms. The number of nitrogens with zero attached hydrogens (tertiary/aromatic N) is 1. The molecule has 0 aliphatic carbocycles. The van der Waals surface area contributed by atoms with Gasteiger partial charge in [0.2, 0.25) is 10.0 Å². The summed E-state index contributed by atoms with van der Waals surface area (Å²) in [7, 11) is -1.63. The van der Waals surface area contributed by atoms with Crippen LogP contribution in [0.5, 0.6) is 0 Å². The maximum absolute atomic E-state index is 12.7. The zero-order valence-electron chi connectivity index (χ0n) is 12.0. The molecule has 0 spiro atoms. The first-order chi connectivity index (χ1) is 8.87. The van der Waals surface area contributed by atoms with Crippen molar-refractivity contribution in [3.8, 4) is 0 Å². The molecule has 1 unspecified atom stereocenters. The van der Waals surface area contributed by atoms with Gasteiger partial charge in [-0.05, 0) is 33.2 Å². The third-order valence-corrected chi connectivity index (χ3v) is 5.72. The summed E-state index contributed by atoms with van der Waals surface area (Å²) >= 11 is 0. The smallest absolute Gasteiger partial charge is 0.246 e. The van der Waals surface area contributed by atoms with E-state index in [9.17, 15) is 8.42 Å².